The van der Waals surface area contributed by atoms with Gasteiger partial charge in [-0.2, -0.15) is 0 Å². The standard InChI is InChI=1S/C15H21NO3S/c1-5-15(3,4)14(19)16-11-8-6-7-9-12(11)20-10(2)13(17)18/h6-10H,5H2,1-4H3,(H,16,19)(H,17,18)/t10-/m1/s1. The first-order chi connectivity index (χ1) is 9.27. The zero-order valence-electron chi connectivity index (χ0n) is 12.3. The van der Waals surface area contributed by atoms with E-state index in [9.17, 15) is 9.59 Å². The molecule has 0 spiro atoms. The first-order valence-corrected chi connectivity index (χ1v) is 7.46. The van der Waals surface area contributed by atoms with Gasteiger partial charge in [-0.05, 0) is 25.5 Å². The Hall–Kier alpha value is -1.49. The van der Waals surface area contributed by atoms with Crippen molar-refractivity contribution in [1.29, 1.82) is 0 Å². The molecule has 1 rings (SSSR count). The summed E-state index contributed by atoms with van der Waals surface area (Å²) in [7, 11) is 0. The van der Waals surface area contributed by atoms with Crippen LogP contribution in [0, 0.1) is 5.41 Å². The molecule has 0 aliphatic rings. The fourth-order valence-electron chi connectivity index (χ4n) is 1.37. The van der Waals surface area contributed by atoms with Gasteiger partial charge >= 0.3 is 5.97 Å². The predicted octanol–water partition coefficient (Wildman–Crippen LogP) is 3.63. The smallest absolute Gasteiger partial charge is 0.316 e. The van der Waals surface area contributed by atoms with E-state index in [1.165, 1.54) is 11.8 Å². The number of para-hydroxylation sites is 1. The van der Waals surface area contributed by atoms with E-state index in [1.54, 1.807) is 13.0 Å². The molecule has 0 heterocycles. The van der Waals surface area contributed by atoms with Crippen LogP contribution < -0.4 is 5.32 Å². The van der Waals surface area contributed by atoms with E-state index in [0.717, 1.165) is 11.3 Å². The summed E-state index contributed by atoms with van der Waals surface area (Å²) in [6, 6.07) is 7.26. The number of rotatable bonds is 6. The predicted molar refractivity (Wildman–Crippen MR) is 82.1 cm³/mol. The molecule has 1 aromatic carbocycles. The molecule has 0 saturated heterocycles. The number of carbonyl (C=O) groups excluding carboxylic acids is 1. The van der Waals surface area contributed by atoms with E-state index >= 15 is 0 Å². The maximum atomic E-state index is 12.2. The molecule has 0 aliphatic carbocycles. The molecule has 0 aliphatic heterocycles. The number of hydrogen-bond donors (Lipinski definition) is 2. The molecule has 0 aromatic heterocycles. The zero-order valence-corrected chi connectivity index (χ0v) is 13.1. The second kappa shape index (κ2) is 6.79. The van der Waals surface area contributed by atoms with E-state index < -0.39 is 16.6 Å². The summed E-state index contributed by atoms with van der Waals surface area (Å²) in [4.78, 5) is 23.9. The van der Waals surface area contributed by atoms with Crippen LogP contribution in [-0.4, -0.2) is 22.2 Å². The number of anilines is 1. The zero-order chi connectivity index (χ0) is 15.3. The molecule has 0 saturated carbocycles. The Morgan fingerprint density at radius 3 is 2.50 bits per heavy atom. The topological polar surface area (TPSA) is 66.4 Å². The van der Waals surface area contributed by atoms with E-state index in [-0.39, 0.29) is 5.91 Å². The summed E-state index contributed by atoms with van der Waals surface area (Å²) in [5.41, 5.74) is 0.216. The molecule has 0 unspecified atom stereocenters. The molecule has 2 N–H and O–H groups in total. The van der Waals surface area contributed by atoms with Crippen LogP contribution in [0.15, 0.2) is 29.2 Å². The SMILES string of the molecule is CCC(C)(C)C(=O)Nc1ccccc1S[C@H](C)C(=O)O. The largest absolute Gasteiger partial charge is 0.480 e. The minimum Gasteiger partial charge on any atom is -0.480 e. The number of nitrogens with one attached hydrogen (secondary N) is 1. The molecule has 5 heteroatoms. The summed E-state index contributed by atoms with van der Waals surface area (Å²) in [5, 5.41) is 11.3. The molecular weight excluding hydrogens is 274 g/mol. The minimum atomic E-state index is -0.870. The highest BCUT2D eigenvalue weighted by atomic mass is 32.2. The van der Waals surface area contributed by atoms with Crippen molar-refractivity contribution in [1.82, 2.24) is 0 Å². The number of carboxylic acids is 1. The first kappa shape index (κ1) is 16.6. The summed E-state index contributed by atoms with van der Waals surface area (Å²) in [6.45, 7) is 7.37. The second-order valence-corrected chi connectivity index (χ2v) is 6.67. The van der Waals surface area contributed by atoms with Gasteiger partial charge in [-0.3, -0.25) is 9.59 Å². The number of benzene rings is 1. The quantitative estimate of drug-likeness (QED) is 0.787. The van der Waals surface area contributed by atoms with Crippen LogP contribution in [0.3, 0.4) is 0 Å². The lowest BCUT2D eigenvalue weighted by Crippen LogP contribution is -2.30. The molecule has 110 valence electrons. The third-order valence-electron chi connectivity index (χ3n) is 3.29. The Kier molecular flexibility index (Phi) is 5.62. The van der Waals surface area contributed by atoms with Crippen LogP contribution in [-0.2, 0) is 9.59 Å². The van der Waals surface area contributed by atoms with Gasteiger partial charge in [0.2, 0.25) is 5.91 Å². The van der Waals surface area contributed by atoms with Gasteiger partial charge in [0, 0.05) is 10.3 Å². The molecule has 0 radical (unpaired) electrons. The lowest BCUT2D eigenvalue weighted by molar-refractivity contribution is -0.136. The second-order valence-electron chi connectivity index (χ2n) is 5.29. The highest BCUT2D eigenvalue weighted by Gasteiger charge is 2.26. The number of aliphatic carboxylic acids is 1. The van der Waals surface area contributed by atoms with Crippen LogP contribution in [0.1, 0.15) is 34.1 Å². The molecule has 0 fully saturated rings. The van der Waals surface area contributed by atoms with E-state index in [2.05, 4.69) is 5.32 Å². The number of thioether (sulfide) groups is 1. The number of carbonyl (C=O) groups is 2. The van der Waals surface area contributed by atoms with Gasteiger partial charge in [0.15, 0.2) is 0 Å². The minimum absolute atomic E-state index is 0.0592. The Morgan fingerprint density at radius 1 is 1.35 bits per heavy atom. The molecule has 1 aromatic rings. The third-order valence-corrected chi connectivity index (χ3v) is 4.45. The van der Waals surface area contributed by atoms with Gasteiger partial charge in [-0.1, -0.05) is 32.9 Å². The van der Waals surface area contributed by atoms with Gasteiger partial charge < -0.3 is 10.4 Å². The fourth-order valence-corrected chi connectivity index (χ4v) is 2.25. The number of carboxylic acid groups (broad SMARTS) is 1. The molecule has 1 atom stereocenters. The van der Waals surface area contributed by atoms with Crippen molar-refractivity contribution in [2.24, 2.45) is 5.41 Å². The monoisotopic (exact) mass is 295 g/mol. The summed E-state index contributed by atoms with van der Waals surface area (Å²) < 4.78 is 0. The van der Waals surface area contributed by atoms with E-state index in [0.29, 0.717) is 5.69 Å². The third kappa shape index (κ3) is 4.27. The van der Waals surface area contributed by atoms with E-state index in [4.69, 9.17) is 5.11 Å². The normalized spacial score (nSPS) is 12.8. The maximum absolute atomic E-state index is 12.2. The number of hydrogen-bond acceptors (Lipinski definition) is 3. The summed E-state index contributed by atoms with van der Waals surface area (Å²) >= 11 is 1.22. The molecule has 1 amide bonds. The van der Waals surface area contributed by atoms with Crippen LogP contribution in [0.4, 0.5) is 5.69 Å². The van der Waals surface area contributed by atoms with Crippen molar-refractivity contribution in [3.8, 4) is 0 Å². The Balaban J connectivity index is 2.91. The van der Waals surface area contributed by atoms with Crippen molar-refractivity contribution in [3.05, 3.63) is 24.3 Å². The first-order valence-electron chi connectivity index (χ1n) is 6.58. The Bertz CT molecular complexity index is 500. The van der Waals surface area contributed by atoms with Crippen molar-refractivity contribution in [3.63, 3.8) is 0 Å². The van der Waals surface area contributed by atoms with Gasteiger partial charge in [0.25, 0.3) is 0 Å². The van der Waals surface area contributed by atoms with Crippen LogP contribution in [0.5, 0.6) is 0 Å². The lowest BCUT2D eigenvalue weighted by atomic mass is 9.89. The van der Waals surface area contributed by atoms with Crippen molar-refractivity contribution in [2.75, 3.05) is 5.32 Å². The van der Waals surface area contributed by atoms with Crippen molar-refractivity contribution < 1.29 is 14.7 Å². The lowest BCUT2D eigenvalue weighted by Gasteiger charge is -2.22. The van der Waals surface area contributed by atoms with Gasteiger partial charge in [0.1, 0.15) is 5.25 Å². The summed E-state index contributed by atoms with van der Waals surface area (Å²) in [5.74, 6) is -0.930. The van der Waals surface area contributed by atoms with Gasteiger partial charge in [-0.15, -0.1) is 11.8 Å². The van der Waals surface area contributed by atoms with Crippen molar-refractivity contribution in [2.45, 2.75) is 44.3 Å². The highest BCUT2D eigenvalue weighted by molar-refractivity contribution is 8.00. The van der Waals surface area contributed by atoms with Gasteiger partial charge in [-0.25, -0.2) is 0 Å². The summed E-state index contributed by atoms with van der Waals surface area (Å²) in [6.07, 6.45) is 0.736. The fraction of sp³-hybridized carbons (Fsp3) is 0.467. The van der Waals surface area contributed by atoms with Gasteiger partial charge in [0.05, 0.1) is 5.69 Å². The molecule has 20 heavy (non-hydrogen) atoms. The average Bonchev–Trinajstić information content (AvgIpc) is 2.40. The molecular formula is C15H21NO3S. The Morgan fingerprint density at radius 2 is 1.95 bits per heavy atom. The van der Waals surface area contributed by atoms with Crippen LogP contribution in [0.2, 0.25) is 0 Å². The molecule has 0 bridgehead atoms. The van der Waals surface area contributed by atoms with Crippen LogP contribution in [0.25, 0.3) is 0 Å². The number of amides is 1. The Labute approximate surface area is 124 Å². The van der Waals surface area contributed by atoms with Crippen molar-refractivity contribution >= 4 is 29.3 Å². The van der Waals surface area contributed by atoms with E-state index in [1.807, 2.05) is 39.0 Å². The van der Waals surface area contributed by atoms with Crippen LogP contribution >= 0.6 is 11.8 Å². The average molecular weight is 295 g/mol. The molecule has 4 nitrogen and oxygen atoms in total. The maximum Gasteiger partial charge on any atom is 0.316 e. The highest BCUT2D eigenvalue weighted by Crippen LogP contribution is 2.32.